The second-order valence-corrected chi connectivity index (χ2v) is 9.69. The number of aromatic nitrogens is 3. The van der Waals surface area contributed by atoms with E-state index in [1.165, 1.54) is 27.5 Å². The first-order chi connectivity index (χ1) is 19.8. The van der Waals surface area contributed by atoms with Gasteiger partial charge in [0.05, 0.1) is 0 Å². The minimum Gasteiger partial charge on any atom is -0.208 e. The Morgan fingerprint density at radius 2 is 0.800 bits per heavy atom. The summed E-state index contributed by atoms with van der Waals surface area (Å²) in [6.07, 6.45) is 0. The number of fused-ring (bicyclic) bond motifs is 1. The van der Waals surface area contributed by atoms with Crippen molar-refractivity contribution in [3.63, 3.8) is 0 Å². The van der Waals surface area contributed by atoms with E-state index in [0.717, 1.165) is 22.3 Å². The zero-order valence-corrected chi connectivity index (χ0v) is 21.8. The zero-order chi connectivity index (χ0) is 26.7. The van der Waals surface area contributed by atoms with Crippen LogP contribution >= 0.6 is 0 Å². The average Bonchev–Trinajstić information content (AvgIpc) is 3.05. The van der Waals surface area contributed by atoms with Crippen LogP contribution in [0.3, 0.4) is 0 Å². The molecule has 6 aromatic carbocycles. The molecule has 0 fully saturated rings. The van der Waals surface area contributed by atoms with Crippen LogP contribution in [0.2, 0.25) is 0 Å². The maximum absolute atomic E-state index is 4.98. The summed E-state index contributed by atoms with van der Waals surface area (Å²) in [5, 5.41) is 2.42. The first-order valence-corrected chi connectivity index (χ1v) is 13.4. The SMILES string of the molecule is c1ccc(-c2nc(-c3ccccc3)nc(-c3ccc(-c4ccccc4)c(-c4cccc5ccccc45)c3)n2)cc1. The molecule has 0 saturated carbocycles. The Balaban J connectivity index is 1.47. The Morgan fingerprint density at radius 3 is 1.43 bits per heavy atom. The molecule has 7 aromatic rings. The fourth-order valence-electron chi connectivity index (χ4n) is 5.17. The van der Waals surface area contributed by atoms with Gasteiger partial charge in [-0.3, -0.25) is 0 Å². The van der Waals surface area contributed by atoms with E-state index in [2.05, 4.69) is 91.0 Å². The third-order valence-corrected chi connectivity index (χ3v) is 7.14. The van der Waals surface area contributed by atoms with E-state index >= 15 is 0 Å². The highest BCUT2D eigenvalue weighted by atomic mass is 15.0. The summed E-state index contributed by atoms with van der Waals surface area (Å²) in [5.74, 6) is 1.96. The number of rotatable bonds is 5. The van der Waals surface area contributed by atoms with E-state index in [-0.39, 0.29) is 0 Å². The minimum atomic E-state index is 0.647. The highest BCUT2D eigenvalue weighted by Gasteiger charge is 2.16. The molecule has 0 aliphatic carbocycles. The van der Waals surface area contributed by atoms with Crippen LogP contribution in [0.5, 0.6) is 0 Å². The van der Waals surface area contributed by atoms with Gasteiger partial charge in [0, 0.05) is 16.7 Å². The van der Waals surface area contributed by atoms with Gasteiger partial charge < -0.3 is 0 Å². The van der Waals surface area contributed by atoms with E-state index in [1.807, 2.05) is 60.7 Å². The summed E-state index contributed by atoms with van der Waals surface area (Å²) in [6, 6.07) is 52.3. The van der Waals surface area contributed by atoms with E-state index in [1.54, 1.807) is 0 Å². The molecule has 0 aliphatic heterocycles. The predicted molar refractivity (Wildman–Crippen MR) is 165 cm³/mol. The van der Waals surface area contributed by atoms with E-state index in [9.17, 15) is 0 Å². The molecular weight excluding hydrogens is 486 g/mol. The topological polar surface area (TPSA) is 38.7 Å². The van der Waals surface area contributed by atoms with Gasteiger partial charge in [-0.15, -0.1) is 0 Å². The fraction of sp³-hybridized carbons (Fsp3) is 0. The lowest BCUT2D eigenvalue weighted by atomic mass is 9.90. The quantitative estimate of drug-likeness (QED) is 0.231. The number of benzene rings is 6. The van der Waals surface area contributed by atoms with Crippen LogP contribution in [0.15, 0.2) is 152 Å². The molecule has 0 N–H and O–H groups in total. The molecule has 188 valence electrons. The molecule has 0 spiro atoms. The summed E-state index contributed by atoms with van der Waals surface area (Å²) >= 11 is 0. The van der Waals surface area contributed by atoms with Crippen LogP contribution < -0.4 is 0 Å². The monoisotopic (exact) mass is 511 g/mol. The van der Waals surface area contributed by atoms with Crippen molar-refractivity contribution in [2.45, 2.75) is 0 Å². The molecule has 0 aliphatic rings. The Bertz CT molecular complexity index is 1870. The van der Waals surface area contributed by atoms with Gasteiger partial charge in [-0.25, -0.2) is 15.0 Å². The normalized spacial score (nSPS) is 11.0. The molecule has 0 unspecified atom stereocenters. The van der Waals surface area contributed by atoms with Crippen molar-refractivity contribution < 1.29 is 0 Å². The first kappa shape index (κ1) is 23.7. The summed E-state index contributed by atoms with van der Waals surface area (Å²) in [7, 11) is 0. The van der Waals surface area contributed by atoms with Gasteiger partial charge in [0.25, 0.3) is 0 Å². The first-order valence-electron chi connectivity index (χ1n) is 13.4. The van der Waals surface area contributed by atoms with Crippen molar-refractivity contribution in [3.8, 4) is 56.4 Å². The smallest absolute Gasteiger partial charge is 0.164 e. The molecular formula is C37H25N3. The van der Waals surface area contributed by atoms with Crippen LogP contribution in [-0.4, -0.2) is 15.0 Å². The van der Waals surface area contributed by atoms with Crippen molar-refractivity contribution in [1.29, 1.82) is 0 Å². The third-order valence-electron chi connectivity index (χ3n) is 7.14. The highest BCUT2D eigenvalue weighted by molar-refractivity contribution is 6.01. The van der Waals surface area contributed by atoms with E-state index in [4.69, 9.17) is 15.0 Å². The molecule has 40 heavy (non-hydrogen) atoms. The zero-order valence-electron chi connectivity index (χ0n) is 21.8. The molecule has 0 saturated heterocycles. The van der Waals surface area contributed by atoms with Gasteiger partial charge in [-0.05, 0) is 39.1 Å². The summed E-state index contributed by atoms with van der Waals surface area (Å²) in [5.41, 5.74) is 7.52. The lowest BCUT2D eigenvalue weighted by Gasteiger charge is -2.15. The average molecular weight is 512 g/mol. The molecule has 0 bridgehead atoms. The summed E-state index contributed by atoms with van der Waals surface area (Å²) in [4.78, 5) is 14.8. The fourth-order valence-corrected chi connectivity index (χ4v) is 5.17. The number of nitrogens with zero attached hydrogens (tertiary/aromatic N) is 3. The van der Waals surface area contributed by atoms with Crippen LogP contribution in [0, 0.1) is 0 Å². The maximum Gasteiger partial charge on any atom is 0.164 e. The highest BCUT2D eigenvalue weighted by Crippen LogP contribution is 2.38. The van der Waals surface area contributed by atoms with Gasteiger partial charge in [0.15, 0.2) is 17.5 Å². The van der Waals surface area contributed by atoms with Gasteiger partial charge in [0.2, 0.25) is 0 Å². The molecule has 0 amide bonds. The standard InChI is InChI=1S/C37H25N3/c1-4-13-26(14-5-1)32-24-23-30(25-34(32)33-22-12-20-27-15-10-11-21-31(27)33)37-39-35(28-16-6-2-7-17-28)38-36(40-37)29-18-8-3-9-19-29/h1-25H. The molecule has 3 heteroatoms. The second-order valence-electron chi connectivity index (χ2n) is 9.69. The molecule has 1 aromatic heterocycles. The van der Waals surface area contributed by atoms with Crippen molar-refractivity contribution in [2.75, 3.05) is 0 Å². The van der Waals surface area contributed by atoms with Crippen LogP contribution in [0.1, 0.15) is 0 Å². The Hall–Kier alpha value is -5.41. The third kappa shape index (κ3) is 4.55. The number of hydrogen-bond donors (Lipinski definition) is 0. The molecule has 7 rings (SSSR count). The molecule has 0 atom stereocenters. The van der Waals surface area contributed by atoms with E-state index < -0.39 is 0 Å². The maximum atomic E-state index is 4.98. The van der Waals surface area contributed by atoms with Gasteiger partial charge in [0.1, 0.15) is 0 Å². The largest absolute Gasteiger partial charge is 0.208 e. The molecule has 0 radical (unpaired) electrons. The lowest BCUT2D eigenvalue weighted by Crippen LogP contribution is -2.00. The molecule has 1 heterocycles. The lowest BCUT2D eigenvalue weighted by molar-refractivity contribution is 1.07. The van der Waals surface area contributed by atoms with Crippen LogP contribution in [0.4, 0.5) is 0 Å². The summed E-state index contributed by atoms with van der Waals surface area (Å²) in [6.45, 7) is 0. The van der Waals surface area contributed by atoms with Gasteiger partial charge in [-0.1, -0.05) is 146 Å². The van der Waals surface area contributed by atoms with Gasteiger partial charge >= 0.3 is 0 Å². The van der Waals surface area contributed by atoms with Crippen molar-refractivity contribution in [3.05, 3.63) is 152 Å². The van der Waals surface area contributed by atoms with Crippen molar-refractivity contribution in [2.24, 2.45) is 0 Å². The van der Waals surface area contributed by atoms with E-state index in [0.29, 0.717) is 17.5 Å². The van der Waals surface area contributed by atoms with Crippen molar-refractivity contribution in [1.82, 2.24) is 15.0 Å². The second kappa shape index (κ2) is 10.4. The Morgan fingerprint density at radius 1 is 0.300 bits per heavy atom. The Labute approximate surface area is 233 Å². The predicted octanol–water partition coefficient (Wildman–Crippen LogP) is 9.36. The summed E-state index contributed by atoms with van der Waals surface area (Å²) < 4.78 is 0. The van der Waals surface area contributed by atoms with Crippen molar-refractivity contribution >= 4 is 10.8 Å². The Kier molecular flexibility index (Phi) is 6.15. The number of hydrogen-bond acceptors (Lipinski definition) is 3. The van der Waals surface area contributed by atoms with Crippen LogP contribution in [-0.2, 0) is 0 Å². The minimum absolute atomic E-state index is 0.647. The van der Waals surface area contributed by atoms with Gasteiger partial charge in [-0.2, -0.15) is 0 Å². The van der Waals surface area contributed by atoms with Crippen LogP contribution in [0.25, 0.3) is 67.2 Å². The molecule has 3 nitrogen and oxygen atoms in total.